The predicted octanol–water partition coefficient (Wildman–Crippen LogP) is 2.44. The molecule has 2 bridgehead atoms. The minimum absolute atomic E-state index is 0.120. The topological polar surface area (TPSA) is 98.1 Å². The van der Waals surface area contributed by atoms with Gasteiger partial charge in [-0.25, -0.2) is 9.59 Å². The van der Waals surface area contributed by atoms with Gasteiger partial charge in [0.2, 0.25) is 0 Å². The number of fused-ring (bicyclic) bond motifs is 2. The highest BCUT2D eigenvalue weighted by atomic mass is 35.5. The van der Waals surface area contributed by atoms with Crippen molar-refractivity contribution in [2.45, 2.75) is 31.7 Å². The SMILES string of the molecule is O=C(O)C(=O)O.O=C(c1cccc(Cl)c1)N1CCN(C2CC3CCC2C3)CC1. The smallest absolute Gasteiger partial charge is 0.414 e. The second kappa shape index (κ2) is 8.92. The van der Waals surface area contributed by atoms with Gasteiger partial charge in [0.15, 0.2) is 0 Å². The van der Waals surface area contributed by atoms with Gasteiger partial charge in [-0.2, -0.15) is 0 Å². The number of aliphatic carboxylic acids is 2. The fourth-order valence-corrected chi connectivity index (χ4v) is 4.91. The molecule has 2 aliphatic carbocycles. The van der Waals surface area contributed by atoms with Gasteiger partial charge in [-0.15, -0.1) is 0 Å². The van der Waals surface area contributed by atoms with Crippen LogP contribution in [-0.4, -0.2) is 70.1 Å². The van der Waals surface area contributed by atoms with E-state index in [1.807, 2.05) is 23.1 Å². The van der Waals surface area contributed by atoms with Crippen LogP contribution in [0, 0.1) is 11.8 Å². The molecule has 1 saturated heterocycles. The van der Waals surface area contributed by atoms with Crippen molar-refractivity contribution < 1.29 is 24.6 Å². The highest BCUT2D eigenvalue weighted by Gasteiger charge is 2.42. The zero-order chi connectivity index (χ0) is 20.3. The van der Waals surface area contributed by atoms with Crippen molar-refractivity contribution in [3.05, 3.63) is 34.9 Å². The molecule has 1 aliphatic heterocycles. The molecule has 8 heteroatoms. The Morgan fingerprint density at radius 1 is 0.964 bits per heavy atom. The summed E-state index contributed by atoms with van der Waals surface area (Å²) in [6.45, 7) is 3.75. The summed E-state index contributed by atoms with van der Waals surface area (Å²) in [5.41, 5.74) is 0.709. The maximum Gasteiger partial charge on any atom is 0.414 e. The molecule has 3 aliphatic rings. The maximum atomic E-state index is 12.6. The molecule has 152 valence electrons. The number of nitrogens with zero attached hydrogens (tertiary/aromatic N) is 2. The van der Waals surface area contributed by atoms with Crippen molar-refractivity contribution in [3.63, 3.8) is 0 Å². The number of hydrogen-bond donors (Lipinski definition) is 2. The van der Waals surface area contributed by atoms with Gasteiger partial charge in [-0.05, 0) is 49.3 Å². The van der Waals surface area contributed by atoms with Crippen molar-refractivity contribution in [2.75, 3.05) is 26.2 Å². The first-order valence-electron chi connectivity index (χ1n) is 9.60. The summed E-state index contributed by atoms with van der Waals surface area (Å²) in [5.74, 6) is -1.61. The van der Waals surface area contributed by atoms with E-state index >= 15 is 0 Å². The van der Waals surface area contributed by atoms with Gasteiger partial charge in [-0.3, -0.25) is 9.69 Å². The maximum absolute atomic E-state index is 12.6. The normalized spacial score (nSPS) is 26.5. The number of halogens is 1. The first-order valence-corrected chi connectivity index (χ1v) is 9.98. The average molecular weight is 409 g/mol. The van der Waals surface area contributed by atoms with E-state index in [0.717, 1.165) is 44.1 Å². The van der Waals surface area contributed by atoms with Crippen LogP contribution < -0.4 is 0 Å². The quantitative estimate of drug-likeness (QED) is 0.729. The molecule has 2 saturated carbocycles. The van der Waals surface area contributed by atoms with E-state index in [1.165, 1.54) is 25.7 Å². The van der Waals surface area contributed by atoms with Crippen LogP contribution in [0.15, 0.2) is 24.3 Å². The first-order chi connectivity index (χ1) is 13.3. The third kappa shape index (κ3) is 4.83. The zero-order valence-electron chi connectivity index (χ0n) is 15.6. The van der Waals surface area contributed by atoms with Gasteiger partial charge in [0.05, 0.1) is 0 Å². The molecular formula is C20H25ClN2O5. The van der Waals surface area contributed by atoms with E-state index in [2.05, 4.69) is 4.90 Å². The molecule has 0 spiro atoms. The largest absolute Gasteiger partial charge is 0.473 e. The first kappa shape index (κ1) is 20.6. The standard InChI is InChI=1S/C18H23ClN2O.C2H2O4/c19-16-3-1-2-15(12-16)18(22)21-8-6-20(7-9-21)17-11-13-4-5-14(17)10-13;3-1(4)2(5)6/h1-3,12-14,17H,4-11H2;(H,3,4)(H,5,6). The van der Waals surface area contributed by atoms with Crippen molar-refractivity contribution in [1.82, 2.24) is 9.80 Å². The molecule has 1 aromatic carbocycles. The van der Waals surface area contributed by atoms with Crippen LogP contribution in [0.5, 0.6) is 0 Å². The minimum Gasteiger partial charge on any atom is -0.473 e. The van der Waals surface area contributed by atoms with Crippen LogP contribution in [0.4, 0.5) is 0 Å². The number of rotatable bonds is 2. The molecule has 1 aromatic rings. The number of hydrogen-bond acceptors (Lipinski definition) is 4. The van der Waals surface area contributed by atoms with Gasteiger partial charge in [0.1, 0.15) is 0 Å². The van der Waals surface area contributed by atoms with Crippen molar-refractivity contribution >= 4 is 29.4 Å². The Labute approximate surface area is 168 Å². The van der Waals surface area contributed by atoms with Crippen molar-refractivity contribution in [1.29, 1.82) is 0 Å². The average Bonchev–Trinajstić information content (AvgIpc) is 3.31. The van der Waals surface area contributed by atoms with Gasteiger partial charge >= 0.3 is 11.9 Å². The van der Waals surface area contributed by atoms with Crippen LogP contribution in [0.25, 0.3) is 0 Å². The molecule has 3 atom stereocenters. The third-order valence-corrected chi connectivity index (χ3v) is 6.26. The lowest BCUT2D eigenvalue weighted by molar-refractivity contribution is -0.159. The highest BCUT2D eigenvalue weighted by Crippen LogP contribution is 2.46. The number of carbonyl (C=O) groups excluding carboxylic acids is 1. The third-order valence-electron chi connectivity index (χ3n) is 6.03. The van der Waals surface area contributed by atoms with E-state index in [1.54, 1.807) is 6.07 Å². The molecule has 3 fully saturated rings. The number of piperazine rings is 1. The summed E-state index contributed by atoms with van der Waals surface area (Å²) >= 11 is 5.99. The van der Waals surface area contributed by atoms with E-state index in [-0.39, 0.29) is 5.91 Å². The summed E-state index contributed by atoms with van der Waals surface area (Å²) in [4.78, 5) is 35.4. The van der Waals surface area contributed by atoms with Crippen LogP contribution >= 0.6 is 11.6 Å². The van der Waals surface area contributed by atoms with Gasteiger partial charge in [0, 0.05) is 42.8 Å². The number of carboxylic acid groups (broad SMARTS) is 2. The zero-order valence-corrected chi connectivity index (χ0v) is 16.3. The van der Waals surface area contributed by atoms with Crippen molar-refractivity contribution in [2.24, 2.45) is 11.8 Å². The van der Waals surface area contributed by atoms with Gasteiger partial charge in [-0.1, -0.05) is 24.1 Å². The molecule has 7 nitrogen and oxygen atoms in total. The summed E-state index contributed by atoms with van der Waals surface area (Å²) < 4.78 is 0. The Bertz CT molecular complexity index is 736. The van der Waals surface area contributed by atoms with Crippen molar-refractivity contribution in [3.8, 4) is 0 Å². The van der Waals surface area contributed by atoms with E-state index in [4.69, 9.17) is 31.4 Å². The van der Waals surface area contributed by atoms with Gasteiger partial charge in [0.25, 0.3) is 5.91 Å². The minimum atomic E-state index is -1.82. The van der Waals surface area contributed by atoms with Crippen LogP contribution in [-0.2, 0) is 9.59 Å². The molecular weight excluding hydrogens is 384 g/mol. The van der Waals surface area contributed by atoms with E-state index in [0.29, 0.717) is 10.6 Å². The summed E-state index contributed by atoms with van der Waals surface area (Å²) in [7, 11) is 0. The van der Waals surface area contributed by atoms with Gasteiger partial charge < -0.3 is 15.1 Å². The summed E-state index contributed by atoms with van der Waals surface area (Å²) in [5, 5.41) is 15.4. The second-order valence-corrected chi connectivity index (χ2v) is 8.13. The Hall–Kier alpha value is -2.12. The van der Waals surface area contributed by atoms with Crippen LogP contribution in [0.1, 0.15) is 36.0 Å². The summed E-state index contributed by atoms with van der Waals surface area (Å²) in [6, 6.07) is 8.08. The Morgan fingerprint density at radius 3 is 2.14 bits per heavy atom. The van der Waals surface area contributed by atoms with Crippen LogP contribution in [0.3, 0.4) is 0 Å². The summed E-state index contributed by atoms with van der Waals surface area (Å²) in [6.07, 6.45) is 5.73. The molecule has 2 N–H and O–H groups in total. The molecule has 0 aromatic heterocycles. The van der Waals surface area contributed by atoms with E-state index in [9.17, 15) is 4.79 Å². The highest BCUT2D eigenvalue weighted by molar-refractivity contribution is 6.31. The Kier molecular flexibility index (Phi) is 6.57. The number of amides is 1. The molecule has 1 heterocycles. The number of carboxylic acids is 2. The lowest BCUT2D eigenvalue weighted by Crippen LogP contribution is -2.53. The predicted molar refractivity (Wildman–Crippen MR) is 103 cm³/mol. The Morgan fingerprint density at radius 2 is 1.64 bits per heavy atom. The molecule has 3 unspecified atom stereocenters. The fraction of sp³-hybridized carbons (Fsp3) is 0.550. The lowest BCUT2D eigenvalue weighted by Gasteiger charge is -2.41. The molecule has 4 rings (SSSR count). The fourth-order valence-electron chi connectivity index (χ4n) is 4.72. The second-order valence-electron chi connectivity index (χ2n) is 7.69. The van der Waals surface area contributed by atoms with E-state index < -0.39 is 11.9 Å². The Balaban J connectivity index is 0.000000330. The molecule has 28 heavy (non-hydrogen) atoms. The monoisotopic (exact) mass is 408 g/mol. The molecule has 0 radical (unpaired) electrons. The van der Waals surface area contributed by atoms with Crippen LogP contribution in [0.2, 0.25) is 5.02 Å². The molecule has 1 amide bonds. The number of carbonyl (C=O) groups is 3. The lowest BCUT2D eigenvalue weighted by atomic mass is 9.93. The number of benzene rings is 1.